The zero-order valence-electron chi connectivity index (χ0n) is 10.4. The summed E-state index contributed by atoms with van der Waals surface area (Å²) >= 11 is 6.22. The Balaban J connectivity index is 1.96. The van der Waals surface area contributed by atoms with Gasteiger partial charge in [0.2, 0.25) is 0 Å². The van der Waals surface area contributed by atoms with Crippen LogP contribution < -0.4 is 4.74 Å². The molecule has 1 nitrogen and oxygen atoms in total. The second-order valence-electron chi connectivity index (χ2n) is 4.70. The van der Waals surface area contributed by atoms with Crippen LogP contribution in [0.1, 0.15) is 27.9 Å². The Labute approximate surface area is 135 Å². The number of halogens is 2. The van der Waals surface area contributed by atoms with Crippen molar-refractivity contribution in [2.75, 3.05) is 6.61 Å². The van der Waals surface area contributed by atoms with Crippen LogP contribution in [-0.2, 0) is 6.42 Å². The van der Waals surface area contributed by atoms with Crippen LogP contribution in [0.4, 0.5) is 0 Å². The Morgan fingerprint density at radius 3 is 2.84 bits per heavy atom. The number of benzene rings is 2. The molecule has 19 heavy (non-hydrogen) atoms. The normalized spacial score (nSPS) is 15.5. The van der Waals surface area contributed by atoms with Gasteiger partial charge < -0.3 is 4.74 Å². The molecule has 0 saturated carbocycles. The molecule has 0 aromatic heterocycles. The number of hydrogen-bond donors (Lipinski definition) is 0. The van der Waals surface area contributed by atoms with Gasteiger partial charge in [-0.15, -0.1) is 0 Å². The molecule has 3 rings (SSSR count). The first-order valence-corrected chi connectivity index (χ1v) is 8.39. The van der Waals surface area contributed by atoms with Crippen LogP contribution >= 0.6 is 38.5 Å². The lowest BCUT2D eigenvalue weighted by atomic mass is 9.99. The van der Waals surface area contributed by atoms with E-state index in [0.29, 0.717) is 0 Å². The lowest BCUT2D eigenvalue weighted by Gasteiger charge is -2.20. The average molecular weight is 429 g/mol. The van der Waals surface area contributed by atoms with Crippen molar-refractivity contribution in [1.82, 2.24) is 0 Å². The second kappa shape index (κ2) is 5.83. The topological polar surface area (TPSA) is 9.23 Å². The summed E-state index contributed by atoms with van der Waals surface area (Å²) in [5.74, 6) is 1.05. The number of aryl methyl sites for hydroxylation is 1. The van der Waals surface area contributed by atoms with E-state index in [-0.39, 0.29) is 4.83 Å². The van der Waals surface area contributed by atoms with Crippen molar-refractivity contribution in [3.8, 4) is 5.75 Å². The van der Waals surface area contributed by atoms with E-state index in [9.17, 15) is 0 Å². The smallest absolute Gasteiger partial charge is 0.122 e. The van der Waals surface area contributed by atoms with Crippen LogP contribution in [0, 0.1) is 3.57 Å². The lowest BCUT2D eigenvalue weighted by molar-refractivity contribution is 0.288. The van der Waals surface area contributed by atoms with Crippen molar-refractivity contribution >= 4 is 38.5 Å². The van der Waals surface area contributed by atoms with Crippen LogP contribution in [0.3, 0.4) is 0 Å². The third kappa shape index (κ3) is 2.82. The van der Waals surface area contributed by atoms with Gasteiger partial charge in [-0.05, 0) is 64.3 Å². The van der Waals surface area contributed by atoms with Crippen LogP contribution in [0.5, 0.6) is 5.75 Å². The number of rotatable bonds is 2. The Hall–Kier alpha value is -0.550. The number of hydrogen-bond acceptors (Lipinski definition) is 1. The fourth-order valence-corrected chi connectivity index (χ4v) is 4.21. The van der Waals surface area contributed by atoms with E-state index in [1.807, 2.05) is 0 Å². The van der Waals surface area contributed by atoms with Crippen LogP contribution in [-0.4, -0.2) is 6.61 Å². The number of alkyl halides is 1. The Kier molecular flexibility index (Phi) is 4.12. The summed E-state index contributed by atoms with van der Waals surface area (Å²) in [6.07, 6.45) is 2.24. The standard InChI is InChI=1S/C16H14BrIO/c17-16(13-5-1-2-6-14(13)18)12-7-8-15-11(10-12)4-3-9-19-15/h1-2,5-8,10,16H,3-4,9H2. The van der Waals surface area contributed by atoms with Crippen molar-refractivity contribution in [1.29, 1.82) is 0 Å². The van der Waals surface area contributed by atoms with Gasteiger partial charge in [-0.3, -0.25) is 0 Å². The van der Waals surface area contributed by atoms with Gasteiger partial charge in [0.05, 0.1) is 11.4 Å². The largest absolute Gasteiger partial charge is 0.493 e. The van der Waals surface area contributed by atoms with Crippen LogP contribution in [0.15, 0.2) is 42.5 Å². The molecular weight excluding hydrogens is 415 g/mol. The van der Waals surface area contributed by atoms with Crippen LogP contribution in [0.2, 0.25) is 0 Å². The highest BCUT2D eigenvalue weighted by molar-refractivity contribution is 14.1. The molecule has 0 radical (unpaired) electrons. The molecule has 1 heterocycles. The second-order valence-corrected chi connectivity index (χ2v) is 6.78. The van der Waals surface area contributed by atoms with Gasteiger partial charge in [-0.1, -0.05) is 46.3 Å². The summed E-state index contributed by atoms with van der Waals surface area (Å²) in [5.41, 5.74) is 3.95. The minimum Gasteiger partial charge on any atom is -0.493 e. The first-order valence-electron chi connectivity index (χ1n) is 6.40. The fraction of sp³-hybridized carbons (Fsp3) is 0.250. The average Bonchev–Trinajstić information content (AvgIpc) is 2.46. The molecule has 0 saturated heterocycles. The molecule has 0 N–H and O–H groups in total. The molecule has 0 aliphatic carbocycles. The summed E-state index contributed by atoms with van der Waals surface area (Å²) in [7, 11) is 0. The van der Waals surface area contributed by atoms with Gasteiger partial charge in [-0.25, -0.2) is 0 Å². The van der Waals surface area contributed by atoms with Crippen molar-refractivity contribution in [3.63, 3.8) is 0 Å². The highest BCUT2D eigenvalue weighted by Gasteiger charge is 2.16. The monoisotopic (exact) mass is 428 g/mol. The molecule has 1 aliphatic heterocycles. The molecule has 0 fully saturated rings. The highest BCUT2D eigenvalue weighted by atomic mass is 127. The van der Waals surface area contributed by atoms with Gasteiger partial charge in [0.15, 0.2) is 0 Å². The predicted octanol–water partition coefficient (Wildman–Crippen LogP) is 5.10. The Morgan fingerprint density at radius 1 is 1.16 bits per heavy atom. The predicted molar refractivity (Wildman–Crippen MR) is 90.2 cm³/mol. The molecule has 3 heteroatoms. The molecule has 0 spiro atoms. The highest BCUT2D eigenvalue weighted by Crippen LogP contribution is 2.36. The summed E-state index contributed by atoms with van der Waals surface area (Å²) in [5, 5.41) is 0. The van der Waals surface area contributed by atoms with E-state index in [2.05, 4.69) is 81.0 Å². The van der Waals surface area contributed by atoms with E-state index in [4.69, 9.17) is 4.74 Å². The first kappa shape index (κ1) is 13.4. The third-order valence-electron chi connectivity index (χ3n) is 3.40. The van der Waals surface area contributed by atoms with E-state index in [1.54, 1.807) is 0 Å². The molecule has 2 aromatic rings. The van der Waals surface area contributed by atoms with Crippen molar-refractivity contribution in [3.05, 3.63) is 62.7 Å². The molecule has 98 valence electrons. The first-order chi connectivity index (χ1) is 9.25. The molecule has 0 amide bonds. The maximum Gasteiger partial charge on any atom is 0.122 e. The maximum absolute atomic E-state index is 5.67. The van der Waals surface area contributed by atoms with Gasteiger partial charge >= 0.3 is 0 Å². The van der Waals surface area contributed by atoms with Gasteiger partial charge in [0.25, 0.3) is 0 Å². The lowest BCUT2D eigenvalue weighted by Crippen LogP contribution is -2.09. The Bertz CT molecular complexity index is 597. The third-order valence-corrected chi connectivity index (χ3v) is 5.41. The van der Waals surface area contributed by atoms with Crippen molar-refractivity contribution in [2.45, 2.75) is 17.7 Å². The maximum atomic E-state index is 5.67. The molecular formula is C16H14BrIO. The van der Waals surface area contributed by atoms with E-state index >= 15 is 0 Å². The molecule has 0 bridgehead atoms. The van der Waals surface area contributed by atoms with E-state index in [1.165, 1.54) is 20.3 Å². The van der Waals surface area contributed by atoms with Crippen molar-refractivity contribution < 1.29 is 4.74 Å². The number of ether oxygens (including phenoxy) is 1. The quantitative estimate of drug-likeness (QED) is 0.477. The van der Waals surface area contributed by atoms with Gasteiger partial charge in [-0.2, -0.15) is 0 Å². The summed E-state index contributed by atoms with van der Waals surface area (Å²) in [6.45, 7) is 0.848. The Morgan fingerprint density at radius 2 is 2.00 bits per heavy atom. The molecule has 1 atom stereocenters. The van der Waals surface area contributed by atoms with E-state index < -0.39 is 0 Å². The number of fused-ring (bicyclic) bond motifs is 1. The fourth-order valence-electron chi connectivity index (χ4n) is 2.40. The zero-order chi connectivity index (χ0) is 13.2. The summed E-state index contributed by atoms with van der Waals surface area (Å²) in [6, 6.07) is 15.0. The molecule has 1 unspecified atom stereocenters. The zero-order valence-corrected chi connectivity index (χ0v) is 14.1. The molecule has 1 aliphatic rings. The van der Waals surface area contributed by atoms with Crippen molar-refractivity contribution in [2.24, 2.45) is 0 Å². The van der Waals surface area contributed by atoms with Gasteiger partial charge in [0, 0.05) is 3.57 Å². The SMILES string of the molecule is BrC(c1ccc2c(c1)CCCO2)c1ccccc1I. The molecule has 2 aromatic carbocycles. The van der Waals surface area contributed by atoms with Crippen LogP contribution in [0.25, 0.3) is 0 Å². The summed E-state index contributed by atoms with van der Waals surface area (Å²) in [4.78, 5) is 0.243. The van der Waals surface area contributed by atoms with E-state index in [0.717, 1.165) is 25.2 Å². The minimum atomic E-state index is 0.243. The minimum absolute atomic E-state index is 0.243. The summed E-state index contributed by atoms with van der Waals surface area (Å²) < 4.78 is 6.96. The van der Waals surface area contributed by atoms with Gasteiger partial charge in [0.1, 0.15) is 5.75 Å².